The molecule has 0 spiro atoms. The van der Waals surface area contributed by atoms with Gasteiger partial charge >= 0.3 is 0 Å². The van der Waals surface area contributed by atoms with Crippen molar-refractivity contribution in [3.8, 4) is 11.5 Å². The molecule has 3 rings (SSSR count). The van der Waals surface area contributed by atoms with E-state index in [0.29, 0.717) is 30.8 Å². The Bertz CT molecular complexity index is 756. The Morgan fingerprint density at radius 3 is 2.67 bits per heavy atom. The van der Waals surface area contributed by atoms with Crippen molar-refractivity contribution in [2.45, 2.75) is 25.6 Å². The first-order chi connectivity index (χ1) is 13.1. The smallest absolute Gasteiger partial charge is 0.160 e. The number of aliphatic hydroxyl groups excluding tert-OH is 1. The summed E-state index contributed by atoms with van der Waals surface area (Å²) in [5, 5.41) is 19.4. The zero-order chi connectivity index (χ0) is 19.2. The average Bonchev–Trinajstić information content (AvgIpc) is 2.66. The number of ether oxygens (including phenoxy) is 1. The Kier molecular flexibility index (Phi) is 6.66. The van der Waals surface area contributed by atoms with Gasteiger partial charge in [0.1, 0.15) is 5.82 Å². The SMILES string of the molecule is COc1ccc(CN2CCN(Cc3ccccc3F)[C@@H](CCO)C2)cc1O. The number of rotatable bonds is 7. The molecular weight excluding hydrogens is 347 g/mol. The highest BCUT2D eigenvalue weighted by atomic mass is 19.1. The third-order valence-electron chi connectivity index (χ3n) is 5.13. The molecule has 2 aromatic rings. The van der Waals surface area contributed by atoms with Crippen molar-refractivity contribution in [2.24, 2.45) is 0 Å². The molecule has 2 N–H and O–H groups in total. The van der Waals surface area contributed by atoms with Crippen LogP contribution in [0.4, 0.5) is 4.39 Å². The highest BCUT2D eigenvalue weighted by molar-refractivity contribution is 5.41. The molecular formula is C21H27FN2O3. The summed E-state index contributed by atoms with van der Waals surface area (Å²) < 4.78 is 19.1. The molecule has 0 amide bonds. The molecule has 1 heterocycles. The van der Waals surface area contributed by atoms with Crippen LogP contribution in [0.15, 0.2) is 42.5 Å². The largest absolute Gasteiger partial charge is 0.504 e. The molecule has 1 atom stereocenters. The second kappa shape index (κ2) is 9.17. The van der Waals surface area contributed by atoms with Gasteiger partial charge in [-0.05, 0) is 30.2 Å². The first-order valence-corrected chi connectivity index (χ1v) is 9.27. The highest BCUT2D eigenvalue weighted by Crippen LogP contribution is 2.27. The topological polar surface area (TPSA) is 56.2 Å². The summed E-state index contributed by atoms with van der Waals surface area (Å²) in [6, 6.07) is 12.5. The molecule has 6 heteroatoms. The van der Waals surface area contributed by atoms with E-state index in [1.54, 1.807) is 18.2 Å². The van der Waals surface area contributed by atoms with Gasteiger partial charge in [0, 0.05) is 50.9 Å². The van der Waals surface area contributed by atoms with Gasteiger partial charge in [0.15, 0.2) is 11.5 Å². The summed E-state index contributed by atoms with van der Waals surface area (Å²) in [5.74, 6) is 0.420. The van der Waals surface area contributed by atoms with Crippen molar-refractivity contribution >= 4 is 0 Å². The van der Waals surface area contributed by atoms with Crippen LogP contribution >= 0.6 is 0 Å². The summed E-state index contributed by atoms with van der Waals surface area (Å²) >= 11 is 0. The number of halogens is 1. The van der Waals surface area contributed by atoms with Crippen LogP contribution in [0.3, 0.4) is 0 Å². The number of nitrogens with zero attached hydrogens (tertiary/aromatic N) is 2. The molecule has 146 valence electrons. The van der Waals surface area contributed by atoms with E-state index in [2.05, 4.69) is 9.80 Å². The molecule has 1 aliphatic heterocycles. The van der Waals surface area contributed by atoms with Gasteiger partial charge in [0.2, 0.25) is 0 Å². The lowest BCUT2D eigenvalue weighted by molar-refractivity contribution is 0.0493. The Hall–Kier alpha value is -2.15. The van der Waals surface area contributed by atoms with Crippen LogP contribution in [0.25, 0.3) is 0 Å². The molecule has 2 aromatic carbocycles. The summed E-state index contributed by atoms with van der Waals surface area (Å²) in [7, 11) is 1.53. The maximum absolute atomic E-state index is 14.0. The molecule has 0 saturated carbocycles. The number of phenolic OH excluding ortho intramolecular Hbond substituents is 1. The van der Waals surface area contributed by atoms with Crippen molar-refractivity contribution in [3.05, 3.63) is 59.4 Å². The van der Waals surface area contributed by atoms with E-state index in [9.17, 15) is 14.6 Å². The van der Waals surface area contributed by atoms with Crippen LogP contribution < -0.4 is 4.74 Å². The van der Waals surface area contributed by atoms with E-state index in [-0.39, 0.29) is 24.2 Å². The van der Waals surface area contributed by atoms with Crippen LogP contribution in [0.5, 0.6) is 11.5 Å². The monoisotopic (exact) mass is 374 g/mol. The van der Waals surface area contributed by atoms with Crippen molar-refractivity contribution in [3.63, 3.8) is 0 Å². The van der Waals surface area contributed by atoms with Gasteiger partial charge in [-0.15, -0.1) is 0 Å². The number of hydrogen-bond donors (Lipinski definition) is 2. The molecule has 0 unspecified atom stereocenters. The third-order valence-corrected chi connectivity index (χ3v) is 5.13. The summed E-state index contributed by atoms with van der Waals surface area (Å²) in [4.78, 5) is 4.55. The maximum atomic E-state index is 14.0. The average molecular weight is 374 g/mol. The van der Waals surface area contributed by atoms with E-state index in [1.807, 2.05) is 18.2 Å². The van der Waals surface area contributed by atoms with Gasteiger partial charge < -0.3 is 14.9 Å². The first-order valence-electron chi connectivity index (χ1n) is 9.27. The number of aromatic hydroxyl groups is 1. The standard InChI is InChI=1S/C21H27FN2O3/c1-27-21-7-6-16(12-20(21)26)13-23-9-10-24(18(15-23)8-11-25)14-17-4-2-3-5-19(17)22/h2-7,12,18,25-26H,8-11,13-15H2,1H3/t18-/m0/s1. The van der Waals surface area contributed by atoms with Crippen molar-refractivity contribution in [1.29, 1.82) is 0 Å². The van der Waals surface area contributed by atoms with Crippen LogP contribution in [0.1, 0.15) is 17.5 Å². The van der Waals surface area contributed by atoms with Crippen LogP contribution in [0.2, 0.25) is 0 Å². The maximum Gasteiger partial charge on any atom is 0.160 e. The van der Waals surface area contributed by atoms with E-state index in [4.69, 9.17) is 4.74 Å². The van der Waals surface area contributed by atoms with Gasteiger partial charge in [-0.1, -0.05) is 24.3 Å². The lowest BCUT2D eigenvalue weighted by Gasteiger charge is -2.41. The zero-order valence-corrected chi connectivity index (χ0v) is 15.6. The quantitative estimate of drug-likeness (QED) is 0.780. The third kappa shape index (κ3) is 4.97. The van der Waals surface area contributed by atoms with Crippen LogP contribution in [-0.4, -0.2) is 59.4 Å². The first kappa shape index (κ1) is 19.6. The lowest BCUT2D eigenvalue weighted by Crippen LogP contribution is -2.52. The molecule has 0 aliphatic carbocycles. The molecule has 1 aliphatic rings. The predicted molar refractivity (Wildman–Crippen MR) is 102 cm³/mol. The Morgan fingerprint density at radius 1 is 1.15 bits per heavy atom. The van der Waals surface area contributed by atoms with Gasteiger partial charge in [-0.2, -0.15) is 0 Å². The second-order valence-corrected chi connectivity index (χ2v) is 6.97. The van der Waals surface area contributed by atoms with Crippen molar-refractivity contribution < 1.29 is 19.3 Å². The Morgan fingerprint density at radius 2 is 1.96 bits per heavy atom. The number of aliphatic hydroxyl groups is 1. The number of piperazine rings is 1. The van der Waals surface area contributed by atoms with E-state index < -0.39 is 0 Å². The molecule has 5 nitrogen and oxygen atoms in total. The van der Waals surface area contributed by atoms with Crippen molar-refractivity contribution in [2.75, 3.05) is 33.4 Å². The van der Waals surface area contributed by atoms with Crippen molar-refractivity contribution in [1.82, 2.24) is 9.80 Å². The fourth-order valence-corrected chi connectivity index (χ4v) is 3.67. The molecule has 0 radical (unpaired) electrons. The van der Waals surface area contributed by atoms with E-state index in [0.717, 1.165) is 25.2 Å². The van der Waals surface area contributed by atoms with Gasteiger partial charge in [0.25, 0.3) is 0 Å². The fourth-order valence-electron chi connectivity index (χ4n) is 3.67. The minimum absolute atomic E-state index is 0.107. The summed E-state index contributed by atoms with van der Waals surface area (Å²) in [5.41, 5.74) is 1.70. The van der Waals surface area contributed by atoms with Gasteiger partial charge in [-0.25, -0.2) is 4.39 Å². The Labute approximate surface area is 159 Å². The lowest BCUT2D eigenvalue weighted by atomic mass is 10.1. The van der Waals surface area contributed by atoms with Gasteiger partial charge in [-0.3, -0.25) is 9.80 Å². The van der Waals surface area contributed by atoms with Crippen LogP contribution in [-0.2, 0) is 13.1 Å². The summed E-state index contributed by atoms with van der Waals surface area (Å²) in [6.07, 6.45) is 0.652. The molecule has 27 heavy (non-hydrogen) atoms. The minimum atomic E-state index is -0.184. The normalized spacial score (nSPS) is 18.6. The van der Waals surface area contributed by atoms with E-state index in [1.165, 1.54) is 13.2 Å². The van der Waals surface area contributed by atoms with Gasteiger partial charge in [0.05, 0.1) is 7.11 Å². The minimum Gasteiger partial charge on any atom is -0.504 e. The number of methoxy groups -OCH3 is 1. The molecule has 0 aromatic heterocycles. The number of benzene rings is 2. The number of phenols is 1. The molecule has 0 bridgehead atoms. The predicted octanol–water partition coefficient (Wildman–Crippen LogP) is 2.61. The van der Waals surface area contributed by atoms with E-state index >= 15 is 0 Å². The molecule has 1 fully saturated rings. The fraction of sp³-hybridized carbons (Fsp3) is 0.429. The number of hydrogen-bond acceptors (Lipinski definition) is 5. The van der Waals surface area contributed by atoms with Crippen LogP contribution in [0, 0.1) is 5.82 Å². The Balaban J connectivity index is 1.65. The second-order valence-electron chi connectivity index (χ2n) is 6.97. The summed E-state index contributed by atoms with van der Waals surface area (Å²) in [6.45, 7) is 3.82. The zero-order valence-electron chi connectivity index (χ0n) is 15.6. The molecule has 1 saturated heterocycles. The highest BCUT2D eigenvalue weighted by Gasteiger charge is 2.27.